The van der Waals surface area contributed by atoms with Crippen molar-refractivity contribution in [1.82, 2.24) is 0 Å². The molecule has 2 aliphatic rings. The van der Waals surface area contributed by atoms with Crippen molar-refractivity contribution in [1.29, 1.82) is 0 Å². The van der Waals surface area contributed by atoms with Crippen LogP contribution in [-0.2, 0) is 26.2 Å². The van der Waals surface area contributed by atoms with E-state index in [9.17, 15) is 0 Å². The van der Waals surface area contributed by atoms with E-state index < -0.39 is 10.2 Å². The first kappa shape index (κ1) is 27.6. The molecule has 0 amide bonds. The molecule has 2 fully saturated rings. The first-order valence-corrected chi connectivity index (χ1v) is 7.63. The van der Waals surface area contributed by atoms with Gasteiger partial charge in [-0.3, -0.25) is 6.08 Å². The normalized spacial score (nSPS) is 15.9. The molecule has 0 unspecified atom stereocenters. The third kappa shape index (κ3) is 42.8. The van der Waals surface area contributed by atoms with Crippen molar-refractivity contribution >= 4 is 0 Å². The topological polar surface area (TPSA) is 92.2 Å². The summed E-state index contributed by atoms with van der Waals surface area (Å²) in [7, 11) is -4.94. The van der Waals surface area contributed by atoms with Crippen molar-refractivity contribution in [3.05, 3.63) is 76.9 Å². The third-order valence-electron chi connectivity index (χ3n) is 1.84. The molecule has 120 valence electrons. The number of hydrogen-bond donors (Lipinski definition) is 0. The van der Waals surface area contributed by atoms with Crippen molar-refractivity contribution in [3.63, 3.8) is 0 Å². The van der Waals surface area contributed by atoms with Gasteiger partial charge < -0.3 is 6.58 Å². The van der Waals surface area contributed by atoms with Crippen LogP contribution in [0.4, 0.5) is 0 Å². The van der Waals surface area contributed by atoms with Gasteiger partial charge in [0, 0.05) is 0 Å². The van der Waals surface area contributed by atoms with Crippen LogP contribution in [0, 0.1) is 81.0 Å². The maximum Gasteiger partial charge on any atom is 2.00 e. The summed E-state index contributed by atoms with van der Waals surface area (Å²) in [6.45, 7) is 7.25. The standard InChI is InChI=1S/C6H11.2C5H5.ClHO4.Zr/c1-3-5-6-4-2;2*1-2-4-5-3-1;2-1(3,4)5;/h1,3H,4-6H2,2H3;2*1-5H;(H,2,3,4,5);/q-1;;;;+2/p-1. The van der Waals surface area contributed by atoms with Crippen LogP contribution in [0.3, 0.4) is 0 Å². The summed E-state index contributed by atoms with van der Waals surface area (Å²) in [6, 6.07) is 0. The minimum Gasteiger partial charge on any atom is -0.518 e. The second kappa shape index (κ2) is 21.8. The van der Waals surface area contributed by atoms with Crippen molar-refractivity contribution in [2.75, 3.05) is 0 Å². The first-order chi connectivity index (χ1) is 9.91. The Bertz CT molecular complexity index is 172. The zero-order chi connectivity index (χ0) is 16.4. The predicted molar refractivity (Wildman–Crippen MR) is 71.4 cm³/mol. The number of hydrogen-bond acceptors (Lipinski definition) is 4. The van der Waals surface area contributed by atoms with Crippen LogP contribution in [0.5, 0.6) is 0 Å². The van der Waals surface area contributed by atoms with Crippen molar-refractivity contribution in [3.8, 4) is 0 Å². The van der Waals surface area contributed by atoms with Crippen LogP contribution in [0.1, 0.15) is 26.2 Å². The van der Waals surface area contributed by atoms with Gasteiger partial charge in [-0.1, -0.05) is 26.2 Å². The summed E-state index contributed by atoms with van der Waals surface area (Å²) in [5, 5.41) is 0. The van der Waals surface area contributed by atoms with Crippen molar-refractivity contribution in [2.24, 2.45) is 0 Å². The first-order valence-electron chi connectivity index (χ1n) is 6.40. The van der Waals surface area contributed by atoms with Gasteiger partial charge in [-0.05, 0) is 64.2 Å². The minimum atomic E-state index is -4.94. The molecule has 0 bridgehead atoms. The van der Waals surface area contributed by atoms with Crippen molar-refractivity contribution < 1.29 is 55.1 Å². The number of unbranched alkanes of at least 4 members (excludes halogenated alkanes) is 2. The average molecular weight is 404 g/mol. The van der Waals surface area contributed by atoms with Gasteiger partial charge in [-0.25, -0.2) is 18.6 Å². The molecule has 2 aliphatic carbocycles. The van der Waals surface area contributed by atoms with E-state index in [2.05, 4.69) is 6.92 Å². The number of halogens is 1. The van der Waals surface area contributed by atoms with Crippen LogP contribution in [0.25, 0.3) is 0 Å². The molecule has 0 spiro atoms. The van der Waals surface area contributed by atoms with E-state index in [-0.39, 0.29) is 26.2 Å². The molecule has 22 heavy (non-hydrogen) atoms. The molecule has 0 aromatic heterocycles. The van der Waals surface area contributed by atoms with Crippen LogP contribution in [0.15, 0.2) is 6.08 Å². The summed E-state index contributed by atoms with van der Waals surface area (Å²) in [4.78, 5) is 0. The molecule has 0 heterocycles. The Morgan fingerprint density at radius 2 is 1.00 bits per heavy atom. The molecule has 2 rings (SSSR count). The summed E-state index contributed by atoms with van der Waals surface area (Å²) in [5.74, 6) is 0. The number of allylic oxidation sites excluding steroid dienone is 1. The third-order valence-corrected chi connectivity index (χ3v) is 1.84. The molecule has 2 saturated carbocycles. The Hall–Kier alpha value is 0.753. The van der Waals surface area contributed by atoms with Gasteiger partial charge in [-0.15, -0.1) is 10.2 Å². The van der Waals surface area contributed by atoms with Gasteiger partial charge in [-0.2, -0.15) is 0 Å². The SMILES string of the molecule is [CH-]=CCCCC.[CH]1[CH][CH][CH][CH]1.[CH]1[CH][CH][CH][CH]1.[O-][Cl+3]([O-])([O-])[O-].[Zr+2]. The molecular formula is C16H21ClO4Zr. The van der Waals surface area contributed by atoms with E-state index in [1.54, 1.807) is 6.08 Å². The summed E-state index contributed by atoms with van der Waals surface area (Å²) in [6.07, 6.45) is 25.3. The van der Waals surface area contributed by atoms with E-state index in [0.29, 0.717) is 0 Å². The van der Waals surface area contributed by atoms with Crippen LogP contribution < -0.4 is 18.6 Å². The Labute approximate surface area is 157 Å². The molecule has 0 aromatic rings. The van der Waals surface area contributed by atoms with Crippen LogP contribution in [0.2, 0.25) is 0 Å². The molecule has 4 nitrogen and oxygen atoms in total. The quantitative estimate of drug-likeness (QED) is 0.467. The molecule has 0 N–H and O–H groups in total. The number of rotatable bonds is 3. The Balaban J connectivity index is -0.000000216. The smallest absolute Gasteiger partial charge is 0.518 e. The average Bonchev–Trinajstić information content (AvgIpc) is 3.09. The van der Waals surface area contributed by atoms with Gasteiger partial charge in [0.05, 0.1) is 0 Å². The maximum absolute atomic E-state index is 8.49. The van der Waals surface area contributed by atoms with Crippen LogP contribution in [-0.4, -0.2) is 0 Å². The van der Waals surface area contributed by atoms with E-state index in [1.807, 2.05) is 64.2 Å². The zero-order valence-electron chi connectivity index (χ0n) is 12.6. The molecule has 6 heteroatoms. The molecular weight excluding hydrogens is 383 g/mol. The summed E-state index contributed by atoms with van der Waals surface area (Å²) >= 11 is 0. The second-order valence-corrected chi connectivity index (χ2v) is 4.44. The molecule has 0 aliphatic heterocycles. The van der Waals surface area contributed by atoms with Gasteiger partial charge >= 0.3 is 26.2 Å². The fraction of sp³-hybridized carbons (Fsp3) is 0.250. The van der Waals surface area contributed by atoms with E-state index in [1.165, 1.54) is 12.8 Å². The van der Waals surface area contributed by atoms with Crippen molar-refractivity contribution in [2.45, 2.75) is 26.2 Å². The van der Waals surface area contributed by atoms with Gasteiger partial charge in [0.15, 0.2) is 0 Å². The Morgan fingerprint density at radius 1 is 0.773 bits per heavy atom. The fourth-order valence-corrected chi connectivity index (χ4v) is 0.963. The zero-order valence-corrected chi connectivity index (χ0v) is 15.8. The molecule has 0 saturated heterocycles. The van der Waals surface area contributed by atoms with Crippen LogP contribution >= 0.6 is 0 Å². The maximum atomic E-state index is 8.49. The van der Waals surface area contributed by atoms with Gasteiger partial charge in [0.1, 0.15) is 0 Å². The summed E-state index contributed by atoms with van der Waals surface area (Å²) < 4.78 is 34.0. The predicted octanol–water partition coefficient (Wildman–Crippen LogP) is -0.550. The van der Waals surface area contributed by atoms with Gasteiger partial charge in [0.2, 0.25) is 0 Å². The second-order valence-electron chi connectivity index (χ2n) is 3.68. The largest absolute Gasteiger partial charge is 2.00 e. The van der Waals surface area contributed by atoms with E-state index in [0.717, 1.165) is 6.42 Å². The minimum absolute atomic E-state index is 0. The molecule has 0 aromatic carbocycles. The van der Waals surface area contributed by atoms with E-state index >= 15 is 0 Å². The monoisotopic (exact) mass is 402 g/mol. The van der Waals surface area contributed by atoms with E-state index in [4.69, 9.17) is 25.2 Å². The summed E-state index contributed by atoms with van der Waals surface area (Å²) in [5.41, 5.74) is 0. The molecule has 0 atom stereocenters. The fourth-order valence-electron chi connectivity index (χ4n) is 0.963. The molecule has 10 radical (unpaired) electrons. The Morgan fingerprint density at radius 3 is 1.09 bits per heavy atom. The van der Waals surface area contributed by atoms with Gasteiger partial charge in [0.25, 0.3) is 0 Å². The Kier molecular flexibility index (Phi) is 27.3.